The molecule has 2 heterocycles. The Morgan fingerprint density at radius 3 is 2.58 bits per heavy atom. The van der Waals surface area contributed by atoms with E-state index < -0.39 is 48.6 Å². The van der Waals surface area contributed by atoms with Crippen LogP contribution in [0, 0.1) is 0 Å². The molecule has 1 unspecified atom stereocenters. The van der Waals surface area contributed by atoms with Crippen molar-refractivity contribution >= 4 is 17.9 Å². The number of nitrogens with one attached hydrogen (secondary N) is 1. The van der Waals surface area contributed by atoms with Crippen molar-refractivity contribution in [2.75, 3.05) is 0 Å². The number of carboxylic acids is 1. The average molecular weight is 345 g/mol. The van der Waals surface area contributed by atoms with Crippen LogP contribution in [0.1, 0.15) is 36.3 Å². The number of nitrogens with zero attached hydrogens (tertiary/aromatic N) is 1. The lowest BCUT2D eigenvalue weighted by molar-refractivity contribution is -0.164. The number of halogens is 1. The van der Waals surface area contributed by atoms with E-state index in [1.54, 1.807) is 0 Å². The van der Waals surface area contributed by atoms with Crippen LogP contribution < -0.4 is 5.73 Å². The molecule has 0 radical (unpaired) electrons. The normalized spacial score (nSPS) is 27.5. The third kappa shape index (κ3) is 3.68. The van der Waals surface area contributed by atoms with E-state index in [0.29, 0.717) is 0 Å². The lowest BCUT2D eigenvalue weighted by atomic mass is 10.1. The third-order valence-corrected chi connectivity index (χ3v) is 3.25. The number of H-pyrrole nitrogens is 1. The number of aromatic carboxylic acids is 1. The van der Waals surface area contributed by atoms with Gasteiger partial charge in [0.2, 0.25) is 0 Å². The van der Waals surface area contributed by atoms with Crippen LogP contribution in [0.25, 0.3) is 0 Å². The molecule has 11 heteroatoms. The van der Waals surface area contributed by atoms with Crippen LogP contribution in [0.2, 0.25) is 0 Å². The molecule has 0 spiro atoms. The van der Waals surface area contributed by atoms with Gasteiger partial charge in [0, 0.05) is 13.8 Å². The molecule has 0 saturated carbocycles. The Bertz CT molecular complexity index is 649. The van der Waals surface area contributed by atoms with Crippen molar-refractivity contribution in [1.82, 2.24) is 9.97 Å². The molecule has 1 aliphatic heterocycles. The van der Waals surface area contributed by atoms with Gasteiger partial charge < -0.3 is 24.3 Å². The summed E-state index contributed by atoms with van der Waals surface area (Å²) < 4.78 is 29.7. The number of rotatable bonds is 5. The summed E-state index contributed by atoms with van der Waals surface area (Å²) in [5.74, 6) is -2.91. The molecule has 5 atom stereocenters. The molecule has 2 rings (SSSR count). The zero-order valence-corrected chi connectivity index (χ0v) is 12.8. The quantitative estimate of drug-likeness (QED) is 0.480. The van der Waals surface area contributed by atoms with E-state index in [9.17, 15) is 18.8 Å². The van der Waals surface area contributed by atoms with Crippen molar-refractivity contribution in [3.8, 4) is 0 Å². The standard InChI is InChI=1S/C13H16FN3O7/c1-4(18)22-8-7(14)9(12-16-3-6(17-12)13(20)21)24-10(8)11(15)23-5(2)19/h3,7-11H,15H2,1-2H3,(H,16,17)(H,20,21)/t7-,8-,9+,10-,11?/m0/s1. The predicted octanol–water partition coefficient (Wildman–Crippen LogP) is -0.335. The number of nitrogens with two attached hydrogens (primary N) is 1. The molecule has 1 aromatic rings. The van der Waals surface area contributed by atoms with E-state index in [0.717, 1.165) is 20.0 Å². The largest absolute Gasteiger partial charge is 0.477 e. The summed E-state index contributed by atoms with van der Waals surface area (Å²) in [6, 6.07) is 0. The van der Waals surface area contributed by atoms with Gasteiger partial charge in [0.15, 0.2) is 24.6 Å². The van der Waals surface area contributed by atoms with Gasteiger partial charge in [-0.3, -0.25) is 15.3 Å². The molecule has 0 aliphatic carbocycles. The van der Waals surface area contributed by atoms with Crippen molar-refractivity contribution in [2.45, 2.75) is 44.6 Å². The molecule has 0 aromatic carbocycles. The number of carbonyl (C=O) groups excluding carboxylic acids is 2. The Hall–Kier alpha value is -2.53. The zero-order valence-electron chi connectivity index (χ0n) is 12.8. The number of ether oxygens (including phenoxy) is 3. The van der Waals surface area contributed by atoms with Gasteiger partial charge in [-0.2, -0.15) is 0 Å². The number of carboxylic acid groups (broad SMARTS) is 1. The van der Waals surface area contributed by atoms with Gasteiger partial charge in [-0.05, 0) is 0 Å². The lowest BCUT2D eigenvalue weighted by Gasteiger charge is -2.23. The van der Waals surface area contributed by atoms with Crippen LogP contribution in [-0.4, -0.2) is 57.6 Å². The molecule has 1 fully saturated rings. The van der Waals surface area contributed by atoms with E-state index >= 15 is 0 Å². The van der Waals surface area contributed by atoms with Gasteiger partial charge in [-0.25, -0.2) is 14.2 Å². The fourth-order valence-corrected chi connectivity index (χ4v) is 2.33. The molecule has 0 amide bonds. The van der Waals surface area contributed by atoms with Crippen molar-refractivity contribution in [2.24, 2.45) is 5.73 Å². The smallest absolute Gasteiger partial charge is 0.353 e. The zero-order chi connectivity index (χ0) is 18.0. The molecule has 10 nitrogen and oxygen atoms in total. The molecule has 1 aliphatic rings. The maximum Gasteiger partial charge on any atom is 0.353 e. The molecular weight excluding hydrogens is 329 g/mol. The highest BCUT2D eigenvalue weighted by molar-refractivity contribution is 5.85. The van der Waals surface area contributed by atoms with Crippen LogP contribution in [0.3, 0.4) is 0 Å². The number of alkyl halides is 1. The minimum absolute atomic E-state index is 0.116. The van der Waals surface area contributed by atoms with E-state index in [1.165, 1.54) is 0 Å². The third-order valence-electron chi connectivity index (χ3n) is 3.25. The number of hydrogen-bond acceptors (Lipinski definition) is 8. The SMILES string of the molecule is CC(=O)OC(N)[C@H]1O[C@@H](c2ncc(C(=O)O)[nH]2)[C@@H](F)[C@@H]1OC(C)=O. The monoisotopic (exact) mass is 345 g/mol. The summed E-state index contributed by atoms with van der Waals surface area (Å²) in [5.41, 5.74) is 5.39. The molecule has 1 aromatic heterocycles. The first-order valence-electron chi connectivity index (χ1n) is 6.88. The Morgan fingerprint density at radius 2 is 2.08 bits per heavy atom. The molecule has 132 valence electrons. The Morgan fingerprint density at radius 1 is 1.42 bits per heavy atom. The number of hydrogen-bond donors (Lipinski definition) is 3. The maximum absolute atomic E-state index is 14.7. The minimum atomic E-state index is -1.90. The highest BCUT2D eigenvalue weighted by Gasteiger charge is 2.52. The van der Waals surface area contributed by atoms with Crippen LogP contribution in [0.5, 0.6) is 0 Å². The second kappa shape index (κ2) is 6.93. The Kier molecular flexibility index (Phi) is 5.14. The summed E-state index contributed by atoms with van der Waals surface area (Å²) in [4.78, 5) is 39.2. The Labute approximate surface area is 135 Å². The van der Waals surface area contributed by atoms with Crippen LogP contribution in [-0.2, 0) is 23.8 Å². The van der Waals surface area contributed by atoms with E-state index in [1.807, 2.05) is 0 Å². The van der Waals surface area contributed by atoms with Gasteiger partial charge in [-0.15, -0.1) is 0 Å². The summed E-state index contributed by atoms with van der Waals surface area (Å²) in [6.07, 6.45) is -6.38. The average Bonchev–Trinajstić information content (AvgIpc) is 3.04. The van der Waals surface area contributed by atoms with E-state index in [2.05, 4.69) is 9.97 Å². The summed E-state index contributed by atoms with van der Waals surface area (Å²) in [7, 11) is 0. The van der Waals surface area contributed by atoms with Crippen molar-refractivity contribution < 1.29 is 38.1 Å². The minimum Gasteiger partial charge on any atom is -0.477 e. The number of esters is 2. The van der Waals surface area contributed by atoms with Gasteiger partial charge in [-0.1, -0.05) is 0 Å². The first-order valence-corrected chi connectivity index (χ1v) is 6.88. The first-order chi connectivity index (χ1) is 11.2. The molecule has 4 N–H and O–H groups in total. The fraction of sp³-hybridized carbons (Fsp3) is 0.538. The highest BCUT2D eigenvalue weighted by Crippen LogP contribution is 2.37. The lowest BCUT2D eigenvalue weighted by Crippen LogP contribution is -2.47. The predicted molar refractivity (Wildman–Crippen MR) is 73.4 cm³/mol. The number of aromatic nitrogens is 2. The molecule has 24 heavy (non-hydrogen) atoms. The molecular formula is C13H16FN3O7. The van der Waals surface area contributed by atoms with Gasteiger partial charge >= 0.3 is 17.9 Å². The number of carbonyl (C=O) groups is 3. The number of imidazole rings is 1. The summed E-state index contributed by atoms with van der Waals surface area (Å²) in [6.45, 7) is 2.18. The molecule has 0 bridgehead atoms. The Balaban J connectivity index is 2.25. The van der Waals surface area contributed by atoms with Crippen LogP contribution in [0.4, 0.5) is 4.39 Å². The van der Waals surface area contributed by atoms with E-state index in [4.69, 9.17) is 25.1 Å². The van der Waals surface area contributed by atoms with Crippen LogP contribution >= 0.6 is 0 Å². The second-order valence-corrected chi connectivity index (χ2v) is 5.10. The van der Waals surface area contributed by atoms with Crippen molar-refractivity contribution in [1.29, 1.82) is 0 Å². The van der Waals surface area contributed by atoms with E-state index in [-0.39, 0.29) is 11.5 Å². The summed E-state index contributed by atoms with van der Waals surface area (Å²) >= 11 is 0. The van der Waals surface area contributed by atoms with Gasteiger partial charge in [0.25, 0.3) is 0 Å². The first kappa shape index (κ1) is 17.8. The van der Waals surface area contributed by atoms with Crippen LogP contribution in [0.15, 0.2) is 6.20 Å². The summed E-state index contributed by atoms with van der Waals surface area (Å²) in [5, 5.41) is 8.86. The highest BCUT2D eigenvalue weighted by atomic mass is 19.1. The van der Waals surface area contributed by atoms with Crippen molar-refractivity contribution in [3.63, 3.8) is 0 Å². The number of aromatic amines is 1. The second-order valence-electron chi connectivity index (χ2n) is 5.10. The van der Waals surface area contributed by atoms with Gasteiger partial charge in [0.1, 0.15) is 17.6 Å². The maximum atomic E-state index is 14.7. The topological polar surface area (TPSA) is 154 Å². The molecule has 1 saturated heterocycles. The fourth-order valence-electron chi connectivity index (χ4n) is 2.33. The van der Waals surface area contributed by atoms with Gasteiger partial charge in [0.05, 0.1) is 6.20 Å². The van der Waals surface area contributed by atoms with Crippen molar-refractivity contribution in [3.05, 3.63) is 17.7 Å².